The summed E-state index contributed by atoms with van der Waals surface area (Å²) in [6.07, 6.45) is 3.42. The van der Waals surface area contributed by atoms with Crippen molar-refractivity contribution in [3.05, 3.63) is 36.0 Å². The number of aromatic carboxylic acids is 1. The molecule has 3 rings (SSSR count). The van der Waals surface area contributed by atoms with Crippen LogP contribution in [-0.4, -0.2) is 34.2 Å². The van der Waals surface area contributed by atoms with Gasteiger partial charge in [-0.3, -0.25) is 0 Å². The molecule has 1 saturated carbocycles. The number of nitrogens with one attached hydrogen (secondary N) is 1. The van der Waals surface area contributed by atoms with Gasteiger partial charge in [-0.25, -0.2) is 14.8 Å². The topological polar surface area (TPSA) is 84.3 Å². The van der Waals surface area contributed by atoms with Crippen LogP contribution in [0.3, 0.4) is 0 Å². The molecule has 0 atom stereocenters. The lowest BCUT2D eigenvalue weighted by Crippen LogP contribution is -2.11. The lowest BCUT2D eigenvalue weighted by molar-refractivity contribution is 0.0697. The van der Waals surface area contributed by atoms with E-state index in [1.807, 2.05) is 24.3 Å². The summed E-state index contributed by atoms with van der Waals surface area (Å²) < 4.78 is 5.18. The Hall–Kier alpha value is -2.63. The zero-order valence-electron chi connectivity index (χ0n) is 11.5. The number of rotatable bonds is 5. The van der Waals surface area contributed by atoms with Gasteiger partial charge < -0.3 is 15.2 Å². The Kier molecular flexibility index (Phi) is 3.43. The first-order valence-electron chi connectivity index (χ1n) is 6.68. The molecule has 1 aromatic heterocycles. The maximum absolute atomic E-state index is 11.2. The Labute approximate surface area is 121 Å². The van der Waals surface area contributed by atoms with Crippen LogP contribution in [0.1, 0.15) is 23.2 Å². The van der Waals surface area contributed by atoms with Gasteiger partial charge in [0.25, 0.3) is 0 Å². The predicted molar refractivity (Wildman–Crippen MR) is 77.6 cm³/mol. The summed E-state index contributed by atoms with van der Waals surface area (Å²) in [6, 6.07) is 7.67. The maximum atomic E-state index is 11.2. The lowest BCUT2D eigenvalue weighted by atomic mass is 10.2. The Morgan fingerprint density at radius 2 is 2.24 bits per heavy atom. The van der Waals surface area contributed by atoms with Gasteiger partial charge in [0.1, 0.15) is 17.1 Å². The molecular weight excluding hydrogens is 270 g/mol. The average molecular weight is 285 g/mol. The summed E-state index contributed by atoms with van der Waals surface area (Å²) in [7, 11) is 1.59. The highest BCUT2D eigenvalue weighted by atomic mass is 16.5. The van der Waals surface area contributed by atoms with E-state index in [1.165, 1.54) is 6.20 Å². The second kappa shape index (κ2) is 5.40. The number of hydrogen-bond donors (Lipinski definition) is 2. The molecule has 0 bridgehead atoms. The molecule has 2 N–H and O–H groups in total. The summed E-state index contributed by atoms with van der Waals surface area (Å²) >= 11 is 0. The van der Waals surface area contributed by atoms with Crippen LogP contribution in [-0.2, 0) is 0 Å². The van der Waals surface area contributed by atoms with Gasteiger partial charge in [-0.2, -0.15) is 0 Å². The normalized spacial score (nSPS) is 13.8. The number of methoxy groups -OCH3 is 1. The minimum absolute atomic E-state index is 0.0912. The van der Waals surface area contributed by atoms with E-state index in [0.717, 1.165) is 18.4 Å². The number of aromatic nitrogens is 2. The molecule has 0 radical (unpaired) electrons. The van der Waals surface area contributed by atoms with Gasteiger partial charge in [0, 0.05) is 17.8 Å². The van der Waals surface area contributed by atoms with Crippen molar-refractivity contribution in [2.45, 2.75) is 18.9 Å². The molecule has 21 heavy (non-hydrogen) atoms. The first-order valence-corrected chi connectivity index (χ1v) is 6.68. The summed E-state index contributed by atoms with van der Waals surface area (Å²) in [5.74, 6) is 0.519. The summed E-state index contributed by atoms with van der Waals surface area (Å²) in [6.45, 7) is 0. The van der Waals surface area contributed by atoms with Gasteiger partial charge >= 0.3 is 5.97 Å². The fraction of sp³-hybridized carbons (Fsp3) is 0.267. The highest BCUT2D eigenvalue weighted by Crippen LogP contribution is 2.27. The van der Waals surface area contributed by atoms with Crippen molar-refractivity contribution in [2.75, 3.05) is 12.4 Å². The average Bonchev–Trinajstić information content (AvgIpc) is 3.31. The van der Waals surface area contributed by atoms with Crippen LogP contribution in [0, 0.1) is 0 Å². The number of carboxylic acids is 1. The minimum atomic E-state index is -1.03. The molecule has 0 unspecified atom stereocenters. The highest BCUT2D eigenvalue weighted by Gasteiger charge is 2.24. The van der Waals surface area contributed by atoms with Gasteiger partial charge in [-0.15, -0.1) is 0 Å². The summed E-state index contributed by atoms with van der Waals surface area (Å²) in [5, 5.41) is 12.3. The van der Waals surface area contributed by atoms with Gasteiger partial charge in [0.15, 0.2) is 5.82 Å². The van der Waals surface area contributed by atoms with Crippen molar-refractivity contribution in [3.63, 3.8) is 0 Å². The molecule has 6 heteroatoms. The van der Waals surface area contributed by atoms with Crippen molar-refractivity contribution in [1.82, 2.24) is 9.97 Å². The van der Waals surface area contributed by atoms with Crippen LogP contribution >= 0.6 is 0 Å². The zero-order valence-corrected chi connectivity index (χ0v) is 11.5. The second-order valence-corrected chi connectivity index (χ2v) is 4.91. The van der Waals surface area contributed by atoms with E-state index in [2.05, 4.69) is 15.3 Å². The van der Waals surface area contributed by atoms with Crippen LogP contribution in [0.5, 0.6) is 5.75 Å². The molecule has 1 heterocycles. The van der Waals surface area contributed by atoms with E-state index in [9.17, 15) is 9.90 Å². The third kappa shape index (κ3) is 2.94. The van der Waals surface area contributed by atoms with Gasteiger partial charge in [-0.05, 0) is 25.0 Å². The number of carboxylic acid groups (broad SMARTS) is 1. The van der Waals surface area contributed by atoms with Crippen LogP contribution in [0.25, 0.3) is 11.4 Å². The van der Waals surface area contributed by atoms with Gasteiger partial charge in [0.05, 0.1) is 7.11 Å². The van der Waals surface area contributed by atoms with Crippen LogP contribution in [0.2, 0.25) is 0 Å². The largest absolute Gasteiger partial charge is 0.497 e. The summed E-state index contributed by atoms with van der Waals surface area (Å²) in [5.41, 5.74) is 0.874. The Morgan fingerprint density at radius 3 is 2.90 bits per heavy atom. The monoisotopic (exact) mass is 285 g/mol. The number of ether oxygens (including phenoxy) is 1. The van der Waals surface area contributed by atoms with Crippen LogP contribution in [0.4, 0.5) is 5.82 Å². The number of hydrogen-bond acceptors (Lipinski definition) is 5. The van der Waals surface area contributed by atoms with Gasteiger partial charge in [-0.1, -0.05) is 12.1 Å². The van der Waals surface area contributed by atoms with Crippen LogP contribution in [0.15, 0.2) is 30.5 Å². The Bertz CT molecular complexity index is 684. The molecule has 0 amide bonds. The predicted octanol–water partition coefficient (Wildman–Crippen LogP) is 2.42. The molecule has 6 nitrogen and oxygen atoms in total. The number of anilines is 1. The Balaban J connectivity index is 2.00. The SMILES string of the molecule is COc1cccc(-c2ncc(C(=O)O)c(NC3CC3)n2)c1. The molecule has 0 saturated heterocycles. The van der Waals surface area contributed by atoms with Crippen molar-refractivity contribution in [1.29, 1.82) is 0 Å². The standard InChI is InChI=1S/C15H15N3O3/c1-21-11-4-2-3-9(7-11)13-16-8-12(15(19)20)14(18-13)17-10-5-6-10/h2-4,7-8,10H,5-6H2,1H3,(H,19,20)(H,16,17,18). The van der Waals surface area contributed by atoms with Crippen molar-refractivity contribution in [3.8, 4) is 17.1 Å². The molecule has 108 valence electrons. The fourth-order valence-electron chi connectivity index (χ4n) is 1.97. The molecule has 2 aromatic rings. The van der Waals surface area contributed by atoms with E-state index in [-0.39, 0.29) is 5.56 Å². The summed E-state index contributed by atoms with van der Waals surface area (Å²) in [4.78, 5) is 19.7. The molecule has 1 fully saturated rings. The number of carbonyl (C=O) groups is 1. The molecule has 1 aliphatic rings. The first kappa shape index (κ1) is 13.4. The molecule has 1 aliphatic carbocycles. The van der Waals surface area contributed by atoms with Crippen LogP contribution < -0.4 is 10.1 Å². The highest BCUT2D eigenvalue weighted by molar-refractivity contribution is 5.93. The third-order valence-corrected chi connectivity index (χ3v) is 3.27. The number of nitrogens with zero attached hydrogens (tertiary/aromatic N) is 2. The van der Waals surface area contributed by atoms with Crippen molar-refractivity contribution in [2.24, 2.45) is 0 Å². The van der Waals surface area contributed by atoms with Crippen molar-refractivity contribution < 1.29 is 14.6 Å². The van der Waals surface area contributed by atoms with E-state index < -0.39 is 5.97 Å². The van der Waals surface area contributed by atoms with E-state index in [4.69, 9.17) is 4.74 Å². The molecule has 0 spiro atoms. The molecule has 0 aliphatic heterocycles. The van der Waals surface area contributed by atoms with Gasteiger partial charge in [0.2, 0.25) is 0 Å². The molecule has 1 aromatic carbocycles. The second-order valence-electron chi connectivity index (χ2n) is 4.91. The van der Waals surface area contributed by atoms with E-state index >= 15 is 0 Å². The Morgan fingerprint density at radius 1 is 1.43 bits per heavy atom. The zero-order chi connectivity index (χ0) is 14.8. The maximum Gasteiger partial charge on any atom is 0.341 e. The molecular formula is C15H15N3O3. The number of benzene rings is 1. The van der Waals surface area contributed by atoms with E-state index in [1.54, 1.807) is 7.11 Å². The van der Waals surface area contributed by atoms with E-state index in [0.29, 0.717) is 23.4 Å². The fourth-order valence-corrected chi connectivity index (χ4v) is 1.97. The van der Waals surface area contributed by atoms with Crippen molar-refractivity contribution >= 4 is 11.8 Å². The lowest BCUT2D eigenvalue weighted by Gasteiger charge is -2.09. The first-order chi connectivity index (χ1) is 10.2. The minimum Gasteiger partial charge on any atom is -0.497 e. The third-order valence-electron chi connectivity index (χ3n) is 3.27. The smallest absolute Gasteiger partial charge is 0.341 e. The quantitative estimate of drug-likeness (QED) is 0.877.